The van der Waals surface area contributed by atoms with Crippen molar-refractivity contribution < 1.29 is 10.2 Å². The lowest BCUT2D eigenvalue weighted by Gasteiger charge is -2.15. The van der Waals surface area contributed by atoms with E-state index >= 15 is 0 Å². The molecule has 4 heteroatoms. The van der Waals surface area contributed by atoms with Crippen molar-refractivity contribution >= 4 is 11.6 Å². The average Bonchev–Trinajstić information content (AvgIpc) is 2.26. The molecule has 3 nitrogen and oxygen atoms in total. The highest BCUT2D eigenvalue weighted by Crippen LogP contribution is 2.26. The topological polar surface area (TPSA) is 52.5 Å². The Morgan fingerprint density at radius 2 is 2.12 bits per heavy atom. The van der Waals surface area contributed by atoms with Crippen LogP contribution in [0.4, 0.5) is 0 Å². The number of phenolic OH excluding ortho intramolecular Hbond substituents is 1. The Balaban J connectivity index is 2.73. The molecule has 0 aliphatic rings. The number of benzene rings is 1. The summed E-state index contributed by atoms with van der Waals surface area (Å²) >= 11 is 5.92. The van der Waals surface area contributed by atoms with E-state index in [0.29, 0.717) is 11.6 Å². The van der Waals surface area contributed by atoms with Crippen molar-refractivity contribution in [1.29, 1.82) is 0 Å². The van der Waals surface area contributed by atoms with Gasteiger partial charge < -0.3 is 15.5 Å². The van der Waals surface area contributed by atoms with Crippen LogP contribution in [0.5, 0.6) is 5.75 Å². The van der Waals surface area contributed by atoms with Crippen molar-refractivity contribution in [2.24, 2.45) is 0 Å². The zero-order chi connectivity index (χ0) is 12.1. The molecular weight excluding hydrogens is 226 g/mol. The molecule has 3 N–H and O–H groups in total. The highest BCUT2D eigenvalue weighted by atomic mass is 35.5. The summed E-state index contributed by atoms with van der Waals surface area (Å²) in [5.41, 5.74) is 1.53. The first-order chi connectivity index (χ1) is 7.58. The maximum Gasteiger partial charge on any atom is 0.123 e. The summed E-state index contributed by atoms with van der Waals surface area (Å²) in [6.07, 6.45) is 0.844. The Labute approximate surface area is 101 Å². The zero-order valence-corrected chi connectivity index (χ0v) is 10.4. The molecule has 16 heavy (non-hydrogen) atoms. The fourth-order valence-corrected chi connectivity index (χ4v) is 1.83. The first kappa shape index (κ1) is 13.3. The second-order valence-electron chi connectivity index (χ2n) is 3.90. The van der Waals surface area contributed by atoms with Crippen LogP contribution in [0.1, 0.15) is 24.5 Å². The van der Waals surface area contributed by atoms with Gasteiger partial charge in [-0.05, 0) is 31.0 Å². The maximum absolute atomic E-state index is 9.82. The molecule has 0 saturated heterocycles. The summed E-state index contributed by atoms with van der Waals surface area (Å²) in [7, 11) is 0. The normalized spacial score (nSPS) is 12.8. The fourth-order valence-electron chi connectivity index (χ4n) is 1.53. The number of halogens is 1. The number of aliphatic hydroxyl groups excluding tert-OH is 1. The predicted octanol–water partition coefficient (Wildman–Crippen LogP) is 2.21. The van der Waals surface area contributed by atoms with Crippen LogP contribution in [0.15, 0.2) is 12.1 Å². The van der Waals surface area contributed by atoms with E-state index in [0.717, 1.165) is 17.5 Å². The largest absolute Gasteiger partial charge is 0.507 e. The lowest BCUT2D eigenvalue weighted by atomic mass is 10.1. The van der Waals surface area contributed by atoms with Crippen molar-refractivity contribution in [2.45, 2.75) is 32.9 Å². The molecule has 0 fully saturated rings. The van der Waals surface area contributed by atoms with E-state index in [2.05, 4.69) is 5.32 Å². The van der Waals surface area contributed by atoms with E-state index in [1.165, 1.54) is 0 Å². The van der Waals surface area contributed by atoms with Gasteiger partial charge in [0.1, 0.15) is 5.75 Å². The number of hydrogen-bond donors (Lipinski definition) is 3. The highest BCUT2D eigenvalue weighted by Gasteiger charge is 2.08. The number of aliphatic hydroxyl groups is 1. The van der Waals surface area contributed by atoms with Crippen LogP contribution in [0, 0.1) is 6.92 Å². The van der Waals surface area contributed by atoms with Crippen LogP contribution in [0.3, 0.4) is 0 Å². The Morgan fingerprint density at radius 1 is 1.44 bits per heavy atom. The third kappa shape index (κ3) is 3.37. The van der Waals surface area contributed by atoms with Gasteiger partial charge in [-0.15, -0.1) is 0 Å². The van der Waals surface area contributed by atoms with Crippen molar-refractivity contribution in [3.8, 4) is 5.75 Å². The van der Waals surface area contributed by atoms with Crippen LogP contribution in [0.2, 0.25) is 5.02 Å². The number of aromatic hydroxyl groups is 1. The van der Waals surface area contributed by atoms with Crippen molar-refractivity contribution in [3.05, 3.63) is 28.3 Å². The molecule has 0 unspecified atom stereocenters. The first-order valence-electron chi connectivity index (χ1n) is 5.40. The second-order valence-corrected chi connectivity index (χ2v) is 4.34. The maximum atomic E-state index is 9.82. The monoisotopic (exact) mass is 243 g/mol. The number of rotatable bonds is 5. The Hall–Kier alpha value is -0.770. The summed E-state index contributed by atoms with van der Waals surface area (Å²) in [6, 6.07) is 3.52. The summed E-state index contributed by atoms with van der Waals surface area (Å²) in [5, 5.41) is 22.6. The standard InChI is InChI=1S/C12H18ClNO2/c1-3-11(7-15)14-6-9-5-10(13)4-8(2)12(9)16/h4-5,11,14-16H,3,6-7H2,1-2H3/t11-/m1/s1. The molecule has 90 valence electrons. The molecule has 0 saturated carbocycles. The molecule has 1 aromatic carbocycles. The van der Waals surface area contributed by atoms with Gasteiger partial charge in [-0.1, -0.05) is 18.5 Å². The minimum absolute atomic E-state index is 0.0543. The van der Waals surface area contributed by atoms with Crippen LogP contribution in [-0.4, -0.2) is 22.9 Å². The number of phenols is 1. The third-order valence-corrected chi connectivity index (χ3v) is 2.86. The first-order valence-corrected chi connectivity index (χ1v) is 5.78. The molecule has 0 spiro atoms. The van der Waals surface area contributed by atoms with Crippen molar-refractivity contribution in [2.75, 3.05) is 6.61 Å². The van der Waals surface area contributed by atoms with E-state index < -0.39 is 0 Å². The highest BCUT2D eigenvalue weighted by molar-refractivity contribution is 6.30. The molecule has 1 rings (SSSR count). The minimum Gasteiger partial charge on any atom is -0.507 e. The zero-order valence-electron chi connectivity index (χ0n) is 9.63. The molecule has 0 aliphatic heterocycles. The lowest BCUT2D eigenvalue weighted by molar-refractivity contribution is 0.238. The molecule has 0 heterocycles. The molecular formula is C12H18ClNO2. The minimum atomic E-state index is 0.0543. The van der Waals surface area contributed by atoms with Gasteiger partial charge in [-0.2, -0.15) is 0 Å². The summed E-state index contributed by atoms with van der Waals surface area (Å²) in [5.74, 6) is 0.268. The van der Waals surface area contributed by atoms with Crippen molar-refractivity contribution in [3.63, 3.8) is 0 Å². The fraction of sp³-hybridized carbons (Fsp3) is 0.500. The van der Waals surface area contributed by atoms with Gasteiger partial charge in [0.25, 0.3) is 0 Å². The number of aryl methyl sites for hydroxylation is 1. The molecule has 0 aromatic heterocycles. The van der Waals surface area contributed by atoms with Gasteiger partial charge in [0.2, 0.25) is 0 Å². The molecule has 0 aliphatic carbocycles. The van der Waals surface area contributed by atoms with Gasteiger partial charge in [-0.25, -0.2) is 0 Å². The Kier molecular flexibility index (Phi) is 5.06. The van der Waals surface area contributed by atoms with Gasteiger partial charge in [0, 0.05) is 23.2 Å². The van der Waals surface area contributed by atoms with Gasteiger partial charge in [-0.3, -0.25) is 0 Å². The quantitative estimate of drug-likeness (QED) is 0.743. The lowest BCUT2D eigenvalue weighted by Crippen LogP contribution is -2.31. The van der Waals surface area contributed by atoms with Crippen LogP contribution < -0.4 is 5.32 Å². The van der Waals surface area contributed by atoms with E-state index in [1.54, 1.807) is 12.1 Å². The molecule has 0 bridgehead atoms. The number of nitrogens with one attached hydrogen (secondary N) is 1. The van der Waals surface area contributed by atoms with E-state index in [1.807, 2.05) is 13.8 Å². The summed E-state index contributed by atoms with van der Waals surface area (Å²) in [4.78, 5) is 0. The molecule has 1 aromatic rings. The predicted molar refractivity (Wildman–Crippen MR) is 65.9 cm³/mol. The van der Waals surface area contributed by atoms with Crippen LogP contribution in [0.25, 0.3) is 0 Å². The van der Waals surface area contributed by atoms with E-state index in [-0.39, 0.29) is 18.4 Å². The smallest absolute Gasteiger partial charge is 0.123 e. The molecule has 1 atom stereocenters. The van der Waals surface area contributed by atoms with Gasteiger partial charge in [0.15, 0.2) is 0 Å². The molecule has 0 radical (unpaired) electrons. The Morgan fingerprint density at radius 3 is 2.69 bits per heavy atom. The Bertz CT molecular complexity index is 351. The molecule has 0 amide bonds. The third-order valence-electron chi connectivity index (χ3n) is 2.64. The summed E-state index contributed by atoms with van der Waals surface area (Å²) < 4.78 is 0. The van der Waals surface area contributed by atoms with E-state index in [4.69, 9.17) is 16.7 Å². The van der Waals surface area contributed by atoms with Crippen LogP contribution in [-0.2, 0) is 6.54 Å². The van der Waals surface area contributed by atoms with E-state index in [9.17, 15) is 5.11 Å². The second kappa shape index (κ2) is 6.09. The van der Waals surface area contributed by atoms with Crippen molar-refractivity contribution in [1.82, 2.24) is 5.32 Å². The van der Waals surface area contributed by atoms with Gasteiger partial charge >= 0.3 is 0 Å². The SMILES string of the molecule is CC[C@H](CO)NCc1cc(Cl)cc(C)c1O. The number of hydrogen-bond acceptors (Lipinski definition) is 3. The van der Waals surface area contributed by atoms with Gasteiger partial charge in [0.05, 0.1) is 6.61 Å². The summed E-state index contributed by atoms with van der Waals surface area (Å²) in [6.45, 7) is 4.41. The van der Waals surface area contributed by atoms with Crippen LogP contribution >= 0.6 is 11.6 Å². The average molecular weight is 244 g/mol.